The van der Waals surface area contributed by atoms with Crippen LogP contribution in [0.4, 0.5) is 8.78 Å². The molecule has 32 heavy (non-hydrogen) atoms. The number of carbonyl (C=O) groups is 3. The number of nitrogens with one attached hydrogen (secondary N) is 1. The fourth-order valence-corrected chi connectivity index (χ4v) is 4.62. The Morgan fingerprint density at radius 1 is 1.47 bits per heavy atom. The van der Waals surface area contributed by atoms with Crippen molar-refractivity contribution in [2.75, 3.05) is 31.8 Å². The summed E-state index contributed by atoms with van der Waals surface area (Å²) in [6.07, 6.45) is -0.972. The number of aliphatic hydroxyl groups is 1. The normalized spacial score (nSPS) is 26.8. The summed E-state index contributed by atoms with van der Waals surface area (Å²) in [5, 5.41) is 32.8. The van der Waals surface area contributed by atoms with Gasteiger partial charge in [0.05, 0.1) is 12.4 Å². The van der Waals surface area contributed by atoms with Crippen molar-refractivity contribution in [3.05, 3.63) is 11.3 Å². The molecule has 0 spiro atoms. The highest BCUT2D eigenvalue weighted by molar-refractivity contribution is 8.14. The maximum absolute atomic E-state index is 12.8. The van der Waals surface area contributed by atoms with Crippen LogP contribution in [0.5, 0.6) is 0 Å². The summed E-state index contributed by atoms with van der Waals surface area (Å²) in [5.74, 6) is -6.48. The summed E-state index contributed by atoms with van der Waals surface area (Å²) in [4.78, 5) is 37.6. The first kappa shape index (κ1) is 24.5. The van der Waals surface area contributed by atoms with Gasteiger partial charge in [0.1, 0.15) is 16.8 Å². The maximum Gasteiger partial charge on any atom is 0.352 e. The molecular formula is C16H19F2N5O7S2. The lowest BCUT2D eigenvalue weighted by Crippen LogP contribution is -2.82. The molecule has 0 aromatic carbocycles. The van der Waals surface area contributed by atoms with E-state index in [4.69, 9.17) is 14.6 Å². The average molecular weight is 495 g/mol. The highest BCUT2D eigenvalue weighted by Crippen LogP contribution is 2.41. The Bertz CT molecular complexity index is 887. The molecule has 3 rings (SSSR count). The minimum Gasteiger partial charge on any atom is -0.477 e. The SMILES string of the molecule is CO[C@]1(NC(=O)CSC(F)F)C(=O)N2C(C(=O)O)=C(CSC3=NN=NC3CCO)CO[C@@H]21. The molecule has 0 saturated carbocycles. The van der Waals surface area contributed by atoms with Crippen molar-refractivity contribution in [1.29, 1.82) is 0 Å². The first-order valence-electron chi connectivity index (χ1n) is 9.13. The summed E-state index contributed by atoms with van der Waals surface area (Å²) in [7, 11) is 1.11. The van der Waals surface area contributed by atoms with E-state index < -0.39 is 47.3 Å². The monoisotopic (exact) mass is 495 g/mol. The lowest BCUT2D eigenvalue weighted by Gasteiger charge is -2.55. The van der Waals surface area contributed by atoms with Gasteiger partial charge in [-0.1, -0.05) is 11.8 Å². The Kier molecular flexibility index (Phi) is 7.81. The van der Waals surface area contributed by atoms with Crippen LogP contribution < -0.4 is 5.32 Å². The number of halogens is 2. The number of methoxy groups -OCH3 is 1. The van der Waals surface area contributed by atoms with Crippen LogP contribution in [-0.2, 0) is 23.9 Å². The second kappa shape index (κ2) is 10.2. The molecule has 2 amide bonds. The summed E-state index contributed by atoms with van der Waals surface area (Å²) in [6.45, 7) is -0.317. The van der Waals surface area contributed by atoms with Gasteiger partial charge in [-0.3, -0.25) is 14.5 Å². The van der Waals surface area contributed by atoms with Crippen molar-refractivity contribution in [1.82, 2.24) is 10.2 Å². The lowest BCUT2D eigenvalue weighted by molar-refractivity contribution is -0.257. The van der Waals surface area contributed by atoms with Gasteiger partial charge in [0, 0.05) is 25.9 Å². The highest BCUT2D eigenvalue weighted by atomic mass is 32.2. The molecule has 1 unspecified atom stereocenters. The predicted octanol–water partition coefficient (Wildman–Crippen LogP) is 0.202. The van der Waals surface area contributed by atoms with Gasteiger partial charge in [-0.25, -0.2) is 4.79 Å². The van der Waals surface area contributed by atoms with Crippen LogP contribution in [0.25, 0.3) is 0 Å². The minimum atomic E-state index is -2.78. The molecule has 3 aliphatic heterocycles. The molecule has 176 valence electrons. The van der Waals surface area contributed by atoms with Crippen molar-refractivity contribution in [2.45, 2.75) is 30.2 Å². The summed E-state index contributed by atoms with van der Waals surface area (Å²) < 4.78 is 35.4. The summed E-state index contributed by atoms with van der Waals surface area (Å²) >= 11 is 1.22. The van der Waals surface area contributed by atoms with Crippen LogP contribution in [0.1, 0.15) is 6.42 Å². The van der Waals surface area contributed by atoms with Gasteiger partial charge in [-0.05, 0) is 10.8 Å². The third kappa shape index (κ3) is 4.63. The molecule has 3 heterocycles. The van der Waals surface area contributed by atoms with Gasteiger partial charge >= 0.3 is 5.97 Å². The van der Waals surface area contributed by atoms with Crippen LogP contribution in [0, 0.1) is 0 Å². The third-order valence-corrected chi connectivity index (χ3v) is 6.54. The number of hydrogen-bond acceptors (Lipinski definition) is 11. The van der Waals surface area contributed by atoms with Gasteiger partial charge in [0.25, 0.3) is 17.4 Å². The molecule has 0 radical (unpaired) electrons. The maximum atomic E-state index is 12.8. The van der Waals surface area contributed by atoms with Crippen LogP contribution in [-0.4, -0.2) is 93.5 Å². The second-order valence-electron chi connectivity index (χ2n) is 6.62. The summed E-state index contributed by atoms with van der Waals surface area (Å²) in [6, 6.07) is -0.427. The molecule has 3 atom stereocenters. The molecule has 3 N–H and O–H groups in total. The van der Waals surface area contributed by atoms with Crippen LogP contribution >= 0.6 is 23.5 Å². The van der Waals surface area contributed by atoms with E-state index in [0.29, 0.717) is 11.5 Å². The Morgan fingerprint density at radius 2 is 2.22 bits per heavy atom. The predicted molar refractivity (Wildman–Crippen MR) is 108 cm³/mol. The van der Waals surface area contributed by atoms with Crippen molar-refractivity contribution in [3.63, 3.8) is 0 Å². The molecule has 0 bridgehead atoms. The smallest absolute Gasteiger partial charge is 0.352 e. The van der Waals surface area contributed by atoms with Crippen LogP contribution in [0.15, 0.2) is 26.7 Å². The van der Waals surface area contributed by atoms with E-state index in [9.17, 15) is 28.3 Å². The van der Waals surface area contributed by atoms with Crippen LogP contribution in [0.3, 0.4) is 0 Å². The topological polar surface area (TPSA) is 162 Å². The van der Waals surface area contributed by atoms with E-state index in [1.165, 1.54) is 0 Å². The van der Waals surface area contributed by atoms with Crippen molar-refractivity contribution < 1.29 is 42.9 Å². The zero-order chi connectivity index (χ0) is 23.5. The van der Waals surface area contributed by atoms with Crippen molar-refractivity contribution in [3.8, 4) is 0 Å². The Hall–Kier alpha value is -2.14. The first-order chi connectivity index (χ1) is 15.2. The largest absolute Gasteiger partial charge is 0.477 e. The number of thioether (sulfide) groups is 2. The van der Waals surface area contributed by atoms with Gasteiger partial charge in [-0.15, -0.1) is 16.9 Å². The number of aliphatic hydroxyl groups excluding tert-OH is 1. The van der Waals surface area contributed by atoms with Crippen molar-refractivity contribution in [2.24, 2.45) is 15.4 Å². The van der Waals surface area contributed by atoms with E-state index in [2.05, 4.69) is 20.8 Å². The number of aliphatic carboxylic acids is 1. The fraction of sp³-hybridized carbons (Fsp3) is 0.625. The molecule has 0 aromatic rings. The molecule has 1 saturated heterocycles. The third-order valence-electron chi connectivity index (χ3n) is 4.72. The number of carbonyl (C=O) groups excluding carboxylic acids is 2. The highest BCUT2D eigenvalue weighted by Gasteiger charge is 2.67. The molecule has 12 nitrogen and oxygen atoms in total. The molecular weight excluding hydrogens is 476 g/mol. The number of fused-ring (bicyclic) bond motifs is 1. The Balaban J connectivity index is 1.74. The minimum absolute atomic E-state index is 0.0687. The summed E-state index contributed by atoms with van der Waals surface area (Å²) in [5.41, 5.74) is -2.07. The number of alkyl halides is 2. The number of hydrogen-bond donors (Lipinski definition) is 3. The van der Waals surface area contributed by atoms with E-state index in [1.54, 1.807) is 0 Å². The van der Waals surface area contributed by atoms with Gasteiger partial charge in [0.2, 0.25) is 5.91 Å². The first-order valence-corrected chi connectivity index (χ1v) is 11.2. The molecule has 3 aliphatic rings. The Morgan fingerprint density at radius 3 is 2.84 bits per heavy atom. The number of carboxylic acids is 1. The van der Waals surface area contributed by atoms with Gasteiger partial charge < -0.3 is 25.0 Å². The molecule has 1 fully saturated rings. The number of amides is 2. The Labute approximate surface area is 188 Å². The number of nitrogens with zero attached hydrogens (tertiary/aromatic N) is 4. The molecule has 16 heteroatoms. The van der Waals surface area contributed by atoms with E-state index >= 15 is 0 Å². The number of carboxylic acid groups (broad SMARTS) is 1. The molecule has 0 aliphatic carbocycles. The standard InChI is InChI=1S/C16H19F2N5O7S2/c1-29-16(19-9(25)6-32-15(17)18)13(28)23-10(12(26)27)7(4-30-14(16)23)5-31-11-8(2-3-24)20-22-21-11/h8,14-15,24H,2-6H2,1H3,(H,19,25)(H,26,27)/t8?,14-,16-/m1/s1. The second-order valence-corrected chi connectivity index (χ2v) is 8.59. The van der Waals surface area contributed by atoms with Gasteiger partial charge in [0.15, 0.2) is 6.23 Å². The van der Waals surface area contributed by atoms with E-state index in [-0.39, 0.29) is 42.0 Å². The number of rotatable bonds is 10. The zero-order valence-electron chi connectivity index (χ0n) is 16.6. The molecule has 0 aromatic heterocycles. The quantitative estimate of drug-likeness (QED) is 0.284. The van der Waals surface area contributed by atoms with E-state index in [1.807, 2.05) is 0 Å². The number of β-lactam (4-membered cyclic amide) rings is 1. The van der Waals surface area contributed by atoms with E-state index in [0.717, 1.165) is 23.8 Å². The van der Waals surface area contributed by atoms with Crippen molar-refractivity contribution >= 4 is 46.4 Å². The average Bonchev–Trinajstić information content (AvgIpc) is 3.20. The fourth-order valence-electron chi connectivity index (χ4n) is 3.27. The lowest BCUT2D eigenvalue weighted by atomic mass is 9.94. The number of ether oxygens (including phenoxy) is 2. The van der Waals surface area contributed by atoms with Gasteiger partial charge in [-0.2, -0.15) is 13.9 Å². The van der Waals surface area contributed by atoms with Crippen LogP contribution in [0.2, 0.25) is 0 Å². The zero-order valence-corrected chi connectivity index (χ0v) is 18.2.